The summed E-state index contributed by atoms with van der Waals surface area (Å²) in [4.78, 5) is 0.753. The Kier molecular flexibility index (Phi) is 6.96. The van der Waals surface area contributed by atoms with Gasteiger partial charge >= 0.3 is 0 Å². The fraction of sp³-hybridized carbons (Fsp3) is 0.500. The van der Waals surface area contributed by atoms with Crippen LogP contribution in [0.3, 0.4) is 0 Å². The van der Waals surface area contributed by atoms with Gasteiger partial charge in [-0.2, -0.15) is 0 Å². The Morgan fingerprint density at radius 1 is 1.41 bits per heavy atom. The van der Waals surface area contributed by atoms with E-state index in [4.69, 9.17) is 0 Å². The summed E-state index contributed by atoms with van der Waals surface area (Å²) < 4.78 is 12.9. The maximum absolute atomic E-state index is 11.9. The molecule has 1 aromatic carbocycles. The zero-order valence-corrected chi connectivity index (χ0v) is 12.3. The van der Waals surface area contributed by atoms with Crippen LogP contribution in [-0.4, -0.2) is 34.3 Å². The van der Waals surface area contributed by atoms with Crippen LogP contribution in [0, 0.1) is 0 Å². The van der Waals surface area contributed by atoms with E-state index in [1.54, 1.807) is 0 Å². The number of hydrogen-bond acceptors (Lipinski definition) is 3. The Hall–Kier alpha value is -0.230. The number of aliphatic hydroxyl groups is 1. The first-order valence-electron chi connectivity index (χ1n) is 5.66. The highest BCUT2D eigenvalue weighted by Crippen LogP contribution is 2.13. The minimum Gasteiger partial charge on any atom is -0.391 e. The topological polar surface area (TPSA) is 49.3 Å². The number of halogens is 1. The summed E-state index contributed by atoms with van der Waals surface area (Å²) in [5.41, 5.74) is 0. The molecule has 0 aliphatic rings. The largest absolute Gasteiger partial charge is 0.391 e. The van der Waals surface area contributed by atoms with E-state index in [1.807, 2.05) is 24.3 Å². The van der Waals surface area contributed by atoms with Crippen molar-refractivity contribution >= 4 is 26.7 Å². The highest BCUT2D eigenvalue weighted by molar-refractivity contribution is 9.10. The second-order valence-corrected chi connectivity index (χ2v) is 6.24. The molecule has 17 heavy (non-hydrogen) atoms. The van der Waals surface area contributed by atoms with E-state index >= 15 is 0 Å². The van der Waals surface area contributed by atoms with E-state index < -0.39 is 16.9 Å². The maximum Gasteiger partial charge on any atom is 0.0783 e. The van der Waals surface area contributed by atoms with Gasteiger partial charge in [-0.25, -0.2) is 0 Å². The Morgan fingerprint density at radius 2 is 2.06 bits per heavy atom. The molecule has 0 amide bonds. The Morgan fingerprint density at radius 3 is 2.65 bits per heavy atom. The molecule has 1 aromatic rings. The molecule has 0 bridgehead atoms. The lowest BCUT2D eigenvalue weighted by molar-refractivity contribution is 0.195. The Bertz CT molecular complexity index is 356. The molecule has 0 spiro atoms. The van der Waals surface area contributed by atoms with Gasteiger partial charge in [0.15, 0.2) is 0 Å². The first-order chi connectivity index (χ1) is 8.13. The molecule has 1 rings (SSSR count). The molecule has 0 aliphatic carbocycles. The average molecular weight is 320 g/mol. The lowest BCUT2D eigenvalue weighted by atomic mass is 10.4. The van der Waals surface area contributed by atoms with Gasteiger partial charge in [-0.3, -0.25) is 4.21 Å². The molecule has 2 atom stereocenters. The molecule has 96 valence electrons. The van der Waals surface area contributed by atoms with Gasteiger partial charge in [0.25, 0.3) is 0 Å². The van der Waals surface area contributed by atoms with Crippen molar-refractivity contribution in [2.24, 2.45) is 0 Å². The molecular formula is C12H18BrNO2S. The third-order valence-electron chi connectivity index (χ3n) is 2.23. The summed E-state index contributed by atoms with van der Waals surface area (Å²) in [5, 5.41) is 12.8. The molecule has 5 heteroatoms. The maximum atomic E-state index is 11.9. The highest BCUT2D eigenvalue weighted by Gasteiger charge is 2.10. The Labute approximate surface area is 113 Å². The summed E-state index contributed by atoms with van der Waals surface area (Å²) in [5.74, 6) is 0.276. The summed E-state index contributed by atoms with van der Waals surface area (Å²) in [6, 6.07) is 7.34. The third kappa shape index (κ3) is 5.77. The molecule has 0 fully saturated rings. The lowest BCUT2D eigenvalue weighted by Crippen LogP contribution is -2.31. The summed E-state index contributed by atoms with van der Waals surface area (Å²) >= 11 is 3.33. The standard InChI is InChI=1S/C12H18BrNO2S/c1-2-7-14-8-11(15)9-17(16)12-5-3-10(13)4-6-12/h3-6,11,14-15H,2,7-9H2,1H3. The smallest absolute Gasteiger partial charge is 0.0783 e. The van der Waals surface area contributed by atoms with Crippen molar-refractivity contribution in [1.82, 2.24) is 5.32 Å². The molecule has 3 nitrogen and oxygen atoms in total. The number of aliphatic hydroxyl groups excluding tert-OH is 1. The van der Waals surface area contributed by atoms with Crippen LogP contribution in [-0.2, 0) is 10.8 Å². The van der Waals surface area contributed by atoms with Crippen molar-refractivity contribution in [1.29, 1.82) is 0 Å². The van der Waals surface area contributed by atoms with Crippen molar-refractivity contribution in [2.45, 2.75) is 24.3 Å². The monoisotopic (exact) mass is 319 g/mol. The Balaban J connectivity index is 2.40. The van der Waals surface area contributed by atoms with Crippen LogP contribution in [0.5, 0.6) is 0 Å². The van der Waals surface area contributed by atoms with Gasteiger partial charge in [0, 0.05) is 15.9 Å². The second kappa shape index (κ2) is 7.97. The van der Waals surface area contributed by atoms with Crippen LogP contribution >= 0.6 is 15.9 Å². The van der Waals surface area contributed by atoms with Crippen molar-refractivity contribution in [3.63, 3.8) is 0 Å². The van der Waals surface area contributed by atoms with E-state index in [9.17, 15) is 9.32 Å². The van der Waals surface area contributed by atoms with Crippen LogP contribution in [0.1, 0.15) is 13.3 Å². The third-order valence-corrected chi connectivity index (χ3v) is 4.24. The van der Waals surface area contributed by atoms with Crippen LogP contribution in [0.15, 0.2) is 33.6 Å². The van der Waals surface area contributed by atoms with Crippen molar-refractivity contribution < 1.29 is 9.32 Å². The van der Waals surface area contributed by atoms with Gasteiger partial charge in [0.05, 0.1) is 22.7 Å². The zero-order valence-electron chi connectivity index (χ0n) is 9.86. The van der Waals surface area contributed by atoms with E-state index in [2.05, 4.69) is 28.2 Å². The predicted octanol–water partition coefficient (Wildman–Crippen LogP) is 1.92. The van der Waals surface area contributed by atoms with Crippen molar-refractivity contribution in [3.8, 4) is 0 Å². The normalized spacial score (nSPS) is 14.5. The van der Waals surface area contributed by atoms with Crippen LogP contribution < -0.4 is 5.32 Å². The fourth-order valence-corrected chi connectivity index (χ4v) is 2.73. The highest BCUT2D eigenvalue weighted by atomic mass is 79.9. The number of benzene rings is 1. The molecule has 0 aromatic heterocycles. The van der Waals surface area contributed by atoms with Crippen molar-refractivity contribution in [2.75, 3.05) is 18.8 Å². The van der Waals surface area contributed by atoms with E-state index in [-0.39, 0.29) is 5.75 Å². The zero-order chi connectivity index (χ0) is 12.7. The number of hydrogen-bond donors (Lipinski definition) is 2. The predicted molar refractivity (Wildman–Crippen MR) is 74.6 cm³/mol. The van der Waals surface area contributed by atoms with E-state index in [0.29, 0.717) is 6.54 Å². The first kappa shape index (κ1) is 14.8. The van der Waals surface area contributed by atoms with E-state index in [1.165, 1.54) is 0 Å². The molecular weight excluding hydrogens is 302 g/mol. The summed E-state index contributed by atoms with van der Waals surface area (Å²) in [6.07, 6.45) is 0.466. The average Bonchev–Trinajstić information content (AvgIpc) is 2.30. The van der Waals surface area contributed by atoms with Gasteiger partial charge in [-0.15, -0.1) is 0 Å². The van der Waals surface area contributed by atoms with Crippen LogP contribution in [0.2, 0.25) is 0 Å². The van der Waals surface area contributed by atoms with Crippen LogP contribution in [0.25, 0.3) is 0 Å². The van der Waals surface area contributed by atoms with Gasteiger partial charge < -0.3 is 10.4 Å². The quantitative estimate of drug-likeness (QED) is 0.755. The van der Waals surface area contributed by atoms with Gasteiger partial charge in [0.1, 0.15) is 0 Å². The minimum absolute atomic E-state index is 0.276. The number of rotatable bonds is 7. The van der Waals surface area contributed by atoms with Crippen LogP contribution in [0.4, 0.5) is 0 Å². The number of nitrogens with one attached hydrogen (secondary N) is 1. The molecule has 2 unspecified atom stereocenters. The summed E-state index contributed by atoms with van der Waals surface area (Å²) in [7, 11) is -1.14. The van der Waals surface area contributed by atoms with Gasteiger partial charge in [0.2, 0.25) is 0 Å². The van der Waals surface area contributed by atoms with Gasteiger partial charge in [-0.05, 0) is 37.2 Å². The van der Waals surface area contributed by atoms with E-state index in [0.717, 1.165) is 22.3 Å². The SMILES string of the molecule is CCCNCC(O)CS(=O)c1ccc(Br)cc1. The second-order valence-electron chi connectivity index (χ2n) is 3.82. The molecule has 0 saturated carbocycles. The minimum atomic E-state index is -1.14. The molecule has 0 radical (unpaired) electrons. The van der Waals surface area contributed by atoms with Gasteiger partial charge in [-0.1, -0.05) is 22.9 Å². The lowest BCUT2D eigenvalue weighted by Gasteiger charge is -2.11. The molecule has 2 N–H and O–H groups in total. The molecule has 0 saturated heterocycles. The molecule has 0 aliphatic heterocycles. The first-order valence-corrected chi connectivity index (χ1v) is 7.77. The molecule has 0 heterocycles. The fourth-order valence-electron chi connectivity index (χ4n) is 1.36. The summed E-state index contributed by atoms with van der Waals surface area (Å²) in [6.45, 7) is 3.44. The van der Waals surface area contributed by atoms with Crippen molar-refractivity contribution in [3.05, 3.63) is 28.7 Å².